The summed E-state index contributed by atoms with van der Waals surface area (Å²) in [6.45, 7) is 0. The van der Waals surface area contributed by atoms with Gasteiger partial charge in [-0.25, -0.2) is 9.78 Å². The summed E-state index contributed by atoms with van der Waals surface area (Å²) in [5.74, 6) is 0.328. The minimum Gasteiger partial charge on any atom is -0.464 e. The number of nitrogens with zero attached hydrogens (tertiary/aromatic N) is 2. The molecule has 0 bridgehead atoms. The molecule has 0 amide bonds. The van der Waals surface area contributed by atoms with Crippen LogP contribution in [0.15, 0.2) is 65.7 Å². The molecular weight excluding hydrogens is 308 g/mol. The highest BCUT2D eigenvalue weighted by atomic mass is 32.2. The Hall–Kier alpha value is -2.53. The topological polar surface area (TPSA) is 44.1 Å². The summed E-state index contributed by atoms with van der Waals surface area (Å²) in [5, 5.41) is 0.652. The number of carbonyl (C=O) groups is 1. The first-order chi connectivity index (χ1) is 11.3. The number of esters is 1. The quantitative estimate of drug-likeness (QED) is 0.536. The summed E-state index contributed by atoms with van der Waals surface area (Å²) in [4.78, 5) is 17.0. The number of ether oxygens (including phenoxy) is 1. The van der Waals surface area contributed by atoms with E-state index in [1.807, 2.05) is 71.5 Å². The Morgan fingerprint density at radius 1 is 1.04 bits per heavy atom. The van der Waals surface area contributed by atoms with Crippen LogP contribution < -0.4 is 0 Å². The summed E-state index contributed by atoms with van der Waals surface area (Å²) >= 11 is 1.43. The SMILES string of the molecule is COC(=O)c1c(SC)nc(-c2ccccc2)n1-c1ccccc1. The molecule has 116 valence electrons. The first-order valence-electron chi connectivity index (χ1n) is 7.12. The van der Waals surface area contributed by atoms with E-state index in [0.29, 0.717) is 10.7 Å². The van der Waals surface area contributed by atoms with Crippen LogP contribution in [0.25, 0.3) is 17.1 Å². The van der Waals surface area contributed by atoms with E-state index in [2.05, 4.69) is 4.98 Å². The van der Waals surface area contributed by atoms with Crippen molar-refractivity contribution in [2.45, 2.75) is 5.03 Å². The molecule has 1 heterocycles. The normalized spacial score (nSPS) is 10.5. The largest absolute Gasteiger partial charge is 0.464 e. The molecule has 0 saturated carbocycles. The third-order valence-corrected chi connectivity index (χ3v) is 4.14. The lowest BCUT2D eigenvalue weighted by Gasteiger charge is -2.11. The highest BCUT2D eigenvalue weighted by molar-refractivity contribution is 7.98. The number of aromatic nitrogens is 2. The Bertz CT molecular complexity index is 814. The summed E-state index contributed by atoms with van der Waals surface area (Å²) < 4.78 is 6.83. The second-order valence-corrected chi connectivity index (χ2v) is 5.62. The summed E-state index contributed by atoms with van der Waals surface area (Å²) in [7, 11) is 1.39. The van der Waals surface area contributed by atoms with Crippen LogP contribution in [0, 0.1) is 0 Å². The minimum atomic E-state index is -0.395. The zero-order valence-electron chi connectivity index (χ0n) is 12.9. The number of rotatable bonds is 4. The van der Waals surface area contributed by atoms with Gasteiger partial charge in [-0.2, -0.15) is 0 Å². The first-order valence-corrected chi connectivity index (χ1v) is 8.34. The second-order valence-electron chi connectivity index (χ2n) is 4.82. The molecular formula is C18H16N2O2S. The molecule has 23 heavy (non-hydrogen) atoms. The van der Waals surface area contributed by atoms with Crippen LogP contribution in [0.1, 0.15) is 10.5 Å². The van der Waals surface area contributed by atoms with Crippen molar-refractivity contribution in [1.29, 1.82) is 0 Å². The minimum absolute atomic E-state index is 0.395. The van der Waals surface area contributed by atoms with E-state index in [1.165, 1.54) is 18.9 Å². The average Bonchev–Trinajstić information content (AvgIpc) is 3.02. The zero-order chi connectivity index (χ0) is 16.2. The Kier molecular flexibility index (Phi) is 4.48. The molecule has 1 aromatic heterocycles. The Morgan fingerprint density at radius 2 is 1.65 bits per heavy atom. The van der Waals surface area contributed by atoms with Gasteiger partial charge in [0, 0.05) is 11.3 Å². The number of hydrogen-bond donors (Lipinski definition) is 0. The van der Waals surface area contributed by atoms with Crippen molar-refractivity contribution >= 4 is 17.7 Å². The molecule has 0 atom stereocenters. The highest BCUT2D eigenvalue weighted by Crippen LogP contribution is 2.31. The van der Waals surface area contributed by atoms with Gasteiger partial charge in [0.05, 0.1) is 7.11 Å². The van der Waals surface area contributed by atoms with Crippen molar-refractivity contribution < 1.29 is 9.53 Å². The van der Waals surface area contributed by atoms with Crippen molar-refractivity contribution in [3.8, 4) is 17.1 Å². The monoisotopic (exact) mass is 324 g/mol. The van der Waals surface area contributed by atoms with E-state index < -0.39 is 5.97 Å². The van der Waals surface area contributed by atoms with Gasteiger partial charge in [0.25, 0.3) is 0 Å². The van der Waals surface area contributed by atoms with E-state index in [-0.39, 0.29) is 0 Å². The summed E-state index contributed by atoms with van der Waals surface area (Å²) in [5.41, 5.74) is 2.27. The van der Waals surface area contributed by atoms with E-state index in [4.69, 9.17) is 4.74 Å². The van der Waals surface area contributed by atoms with E-state index in [0.717, 1.165) is 17.1 Å². The number of hydrogen-bond acceptors (Lipinski definition) is 4. The fourth-order valence-electron chi connectivity index (χ4n) is 2.43. The second kappa shape index (κ2) is 6.71. The maximum atomic E-state index is 12.3. The van der Waals surface area contributed by atoms with Gasteiger partial charge in [0.2, 0.25) is 0 Å². The van der Waals surface area contributed by atoms with Crippen LogP contribution in [0.3, 0.4) is 0 Å². The predicted molar refractivity (Wildman–Crippen MR) is 92.1 cm³/mol. The van der Waals surface area contributed by atoms with Crippen LogP contribution >= 0.6 is 11.8 Å². The van der Waals surface area contributed by atoms with Gasteiger partial charge in [-0.15, -0.1) is 11.8 Å². The van der Waals surface area contributed by atoms with E-state index in [9.17, 15) is 4.79 Å². The van der Waals surface area contributed by atoms with Crippen LogP contribution in [0.4, 0.5) is 0 Å². The van der Waals surface area contributed by atoms with Crippen LogP contribution in [-0.4, -0.2) is 28.9 Å². The molecule has 0 spiro atoms. The molecule has 5 heteroatoms. The fourth-order valence-corrected chi connectivity index (χ4v) is 2.97. The smallest absolute Gasteiger partial charge is 0.357 e. The first kappa shape index (κ1) is 15.4. The molecule has 0 aliphatic heterocycles. The van der Waals surface area contributed by atoms with Gasteiger partial charge in [0.1, 0.15) is 10.9 Å². The number of para-hydroxylation sites is 1. The molecule has 0 N–H and O–H groups in total. The average molecular weight is 324 g/mol. The molecule has 0 radical (unpaired) electrons. The Balaban J connectivity index is 2.32. The Labute approximate surface area is 139 Å². The lowest BCUT2D eigenvalue weighted by atomic mass is 10.2. The zero-order valence-corrected chi connectivity index (χ0v) is 13.7. The maximum absolute atomic E-state index is 12.3. The third kappa shape index (κ3) is 2.87. The van der Waals surface area contributed by atoms with Crippen molar-refractivity contribution in [1.82, 2.24) is 9.55 Å². The molecule has 2 aromatic carbocycles. The lowest BCUT2D eigenvalue weighted by Crippen LogP contribution is -2.11. The molecule has 4 nitrogen and oxygen atoms in total. The molecule has 0 aliphatic rings. The molecule has 0 fully saturated rings. The standard InChI is InChI=1S/C18H16N2O2S/c1-22-18(21)15-17(23-2)19-16(13-9-5-3-6-10-13)20(15)14-11-7-4-8-12-14/h3-12H,1-2H3. The highest BCUT2D eigenvalue weighted by Gasteiger charge is 2.25. The van der Waals surface area contributed by atoms with Gasteiger partial charge in [-0.05, 0) is 18.4 Å². The van der Waals surface area contributed by atoms with Crippen LogP contribution in [0.5, 0.6) is 0 Å². The third-order valence-electron chi connectivity index (χ3n) is 3.46. The van der Waals surface area contributed by atoms with Gasteiger partial charge >= 0.3 is 5.97 Å². The van der Waals surface area contributed by atoms with E-state index in [1.54, 1.807) is 0 Å². The van der Waals surface area contributed by atoms with Crippen molar-refractivity contribution in [3.05, 3.63) is 66.4 Å². The maximum Gasteiger partial charge on any atom is 0.357 e. The van der Waals surface area contributed by atoms with Gasteiger partial charge in [-0.3, -0.25) is 4.57 Å². The number of carbonyl (C=O) groups excluding carboxylic acids is 1. The number of thioether (sulfide) groups is 1. The number of imidazole rings is 1. The number of methoxy groups -OCH3 is 1. The molecule has 0 saturated heterocycles. The molecule has 3 aromatic rings. The van der Waals surface area contributed by atoms with Crippen molar-refractivity contribution in [3.63, 3.8) is 0 Å². The van der Waals surface area contributed by atoms with Crippen LogP contribution in [0.2, 0.25) is 0 Å². The Morgan fingerprint density at radius 3 is 2.22 bits per heavy atom. The van der Waals surface area contributed by atoms with Crippen molar-refractivity contribution in [2.75, 3.05) is 13.4 Å². The van der Waals surface area contributed by atoms with Crippen molar-refractivity contribution in [2.24, 2.45) is 0 Å². The van der Waals surface area contributed by atoms with Crippen LogP contribution in [-0.2, 0) is 4.74 Å². The predicted octanol–water partition coefficient (Wildman–Crippen LogP) is 4.05. The number of benzene rings is 2. The fraction of sp³-hybridized carbons (Fsp3) is 0.111. The molecule has 0 unspecified atom stereocenters. The summed E-state index contributed by atoms with van der Waals surface area (Å²) in [6, 6.07) is 19.5. The van der Waals surface area contributed by atoms with E-state index >= 15 is 0 Å². The van der Waals surface area contributed by atoms with Gasteiger partial charge in [-0.1, -0.05) is 48.5 Å². The molecule has 3 rings (SSSR count). The van der Waals surface area contributed by atoms with Gasteiger partial charge < -0.3 is 4.74 Å². The summed E-state index contributed by atoms with van der Waals surface area (Å²) in [6.07, 6.45) is 1.90. The van der Waals surface area contributed by atoms with Gasteiger partial charge in [0.15, 0.2) is 5.69 Å². The molecule has 0 aliphatic carbocycles. The lowest BCUT2D eigenvalue weighted by molar-refractivity contribution is 0.0587.